The van der Waals surface area contributed by atoms with Crippen LogP contribution in [0.2, 0.25) is 5.15 Å². The molecule has 1 fully saturated rings. The molecule has 1 aliphatic rings. The number of hydrogen-bond donors (Lipinski definition) is 2. The maximum absolute atomic E-state index is 11.1. The Hall–Kier alpha value is -1.60. The summed E-state index contributed by atoms with van der Waals surface area (Å²) in [6.07, 6.45) is 0. The Bertz CT molecular complexity index is 513. The molecule has 7 nitrogen and oxygen atoms in total. The van der Waals surface area contributed by atoms with Crippen molar-refractivity contribution in [2.24, 2.45) is 0 Å². The van der Waals surface area contributed by atoms with E-state index in [1.165, 1.54) is 0 Å². The highest BCUT2D eigenvalue weighted by Gasteiger charge is 2.31. The monoisotopic (exact) mass is 299 g/mol. The Labute approximate surface area is 122 Å². The Morgan fingerprint density at radius 2 is 2.25 bits per heavy atom. The first kappa shape index (κ1) is 14.8. The van der Waals surface area contributed by atoms with E-state index in [2.05, 4.69) is 15.1 Å². The molecule has 2 heterocycles. The van der Waals surface area contributed by atoms with Crippen LogP contribution in [0.3, 0.4) is 0 Å². The fraction of sp³-hybridized carbons (Fsp3) is 0.583. The molecule has 0 aromatic carbocycles. The van der Waals surface area contributed by atoms with E-state index < -0.39 is 12.0 Å². The van der Waals surface area contributed by atoms with E-state index in [1.54, 1.807) is 13.0 Å². The van der Waals surface area contributed by atoms with Gasteiger partial charge in [-0.15, -0.1) is 10.2 Å². The van der Waals surface area contributed by atoms with Gasteiger partial charge < -0.3 is 15.7 Å². The van der Waals surface area contributed by atoms with E-state index in [-0.39, 0.29) is 6.04 Å². The first-order valence-corrected chi connectivity index (χ1v) is 6.80. The van der Waals surface area contributed by atoms with Crippen LogP contribution in [0.15, 0.2) is 6.07 Å². The minimum absolute atomic E-state index is 0.0983. The Kier molecular flexibility index (Phi) is 4.29. The molecule has 1 aromatic heterocycles. The van der Waals surface area contributed by atoms with Gasteiger partial charge >= 0.3 is 5.97 Å². The number of aromatic nitrogens is 2. The molecule has 0 amide bonds. The molecule has 0 bridgehead atoms. The van der Waals surface area contributed by atoms with Crippen molar-refractivity contribution >= 4 is 29.1 Å². The number of hydrogen-bond acceptors (Lipinski definition) is 6. The largest absolute Gasteiger partial charge is 0.480 e. The van der Waals surface area contributed by atoms with Gasteiger partial charge in [-0.25, -0.2) is 0 Å². The lowest BCUT2D eigenvalue weighted by molar-refractivity contribution is -0.143. The zero-order valence-electron chi connectivity index (χ0n) is 11.5. The summed E-state index contributed by atoms with van der Waals surface area (Å²) in [6.45, 7) is 5.69. The van der Waals surface area contributed by atoms with Crippen molar-refractivity contribution in [2.75, 3.05) is 30.3 Å². The molecule has 2 rings (SSSR count). The summed E-state index contributed by atoms with van der Waals surface area (Å²) in [5.74, 6) is -0.472. The van der Waals surface area contributed by atoms with Crippen molar-refractivity contribution in [3.63, 3.8) is 0 Å². The first-order valence-electron chi connectivity index (χ1n) is 6.42. The number of nitrogens with two attached hydrogens (primary N) is 1. The molecule has 2 atom stereocenters. The predicted molar refractivity (Wildman–Crippen MR) is 76.9 cm³/mol. The van der Waals surface area contributed by atoms with Crippen LogP contribution >= 0.6 is 11.6 Å². The maximum Gasteiger partial charge on any atom is 0.320 e. The van der Waals surface area contributed by atoms with E-state index in [4.69, 9.17) is 22.4 Å². The Balaban J connectivity index is 2.12. The second-order valence-corrected chi connectivity index (χ2v) is 5.37. The number of aliphatic carboxylic acids is 1. The van der Waals surface area contributed by atoms with Crippen LogP contribution in [-0.4, -0.2) is 57.9 Å². The average molecular weight is 300 g/mol. The van der Waals surface area contributed by atoms with Gasteiger partial charge in [-0.2, -0.15) is 0 Å². The lowest BCUT2D eigenvalue weighted by Gasteiger charge is -2.42. The van der Waals surface area contributed by atoms with Crippen LogP contribution in [-0.2, 0) is 4.79 Å². The number of anilines is 2. The molecule has 1 saturated heterocycles. The summed E-state index contributed by atoms with van der Waals surface area (Å²) < 4.78 is 0. The van der Waals surface area contributed by atoms with Crippen molar-refractivity contribution < 1.29 is 9.90 Å². The van der Waals surface area contributed by atoms with Crippen LogP contribution in [0, 0.1) is 0 Å². The van der Waals surface area contributed by atoms with Gasteiger partial charge in [-0.1, -0.05) is 11.6 Å². The molecule has 1 unspecified atom stereocenters. The summed E-state index contributed by atoms with van der Waals surface area (Å²) in [6, 6.07) is 1.29. The molecule has 0 aliphatic carbocycles. The fourth-order valence-electron chi connectivity index (χ4n) is 2.53. The smallest absolute Gasteiger partial charge is 0.320 e. The summed E-state index contributed by atoms with van der Waals surface area (Å²) in [5, 5.41) is 16.9. The molecule has 0 spiro atoms. The van der Waals surface area contributed by atoms with Crippen LogP contribution in [0.4, 0.5) is 11.5 Å². The van der Waals surface area contributed by atoms with E-state index in [1.807, 2.05) is 11.8 Å². The number of nitrogens with zero attached hydrogens (tertiary/aromatic N) is 4. The Morgan fingerprint density at radius 3 is 2.85 bits per heavy atom. The van der Waals surface area contributed by atoms with Gasteiger partial charge in [-0.05, 0) is 13.8 Å². The fourth-order valence-corrected chi connectivity index (χ4v) is 2.67. The number of carboxylic acid groups (broad SMARTS) is 1. The molecule has 110 valence electrons. The molecule has 3 N–H and O–H groups in total. The minimum atomic E-state index is -0.807. The van der Waals surface area contributed by atoms with Gasteiger partial charge in [0, 0.05) is 31.7 Å². The summed E-state index contributed by atoms with van der Waals surface area (Å²) in [5.41, 5.74) is 6.58. The number of halogens is 1. The maximum atomic E-state index is 11.1. The van der Waals surface area contributed by atoms with E-state index >= 15 is 0 Å². The topological polar surface area (TPSA) is 95.6 Å². The molecule has 1 aliphatic heterocycles. The van der Waals surface area contributed by atoms with Crippen molar-refractivity contribution in [3.8, 4) is 0 Å². The highest BCUT2D eigenvalue weighted by Crippen LogP contribution is 2.26. The summed E-state index contributed by atoms with van der Waals surface area (Å²) in [4.78, 5) is 15.1. The van der Waals surface area contributed by atoms with Crippen molar-refractivity contribution in [2.45, 2.75) is 25.9 Å². The number of carboxylic acids is 1. The molecule has 8 heteroatoms. The van der Waals surface area contributed by atoms with Crippen LogP contribution in [0.5, 0.6) is 0 Å². The number of carbonyl (C=O) groups is 1. The predicted octanol–water partition coefficient (Wildman–Crippen LogP) is 0.696. The molecule has 0 saturated carbocycles. The van der Waals surface area contributed by atoms with E-state index in [0.717, 1.165) is 5.69 Å². The number of rotatable bonds is 3. The van der Waals surface area contributed by atoms with Gasteiger partial charge in [-0.3, -0.25) is 9.69 Å². The summed E-state index contributed by atoms with van der Waals surface area (Å²) >= 11 is 5.85. The third-order valence-electron chi connectivity index (χ3n) is 3.65. The highest BCUT2D eigenvalue weighted by atomic mass is 35.5. The lowest BCUT2D eigenvalue weighted by Crippen LogP contribution is -2.56. The van der Waals surface area contributed by atoms with Crippen LogP contribution in [0.25, 0.3) is 0 Å². The molecule has 0 radical (unpaired) electrons. The SMILES string of the molecule is CC(C(=O)O)N1CCN(c2cc(Cl)nnc2N)C[C@H]1C. The highest BCUT2D eigenvalue weighted by molar-refractivity contribution is 6.29. The Morgan fingerprint density at radius 1 is 1.55 bits per heavy atom. The first-order chi connectivity index (χ1) is 9.40. The van der Waals surface area contributed by atoms with Crippen LogP contribution in [0.1, 0.15) is 13.8 Å². The summed E-state index contributed by atoms with van der Waals surface area (Å²) in [7, 11) is 0. The van der Waals surface area contributed by atoms with Gasteiger partial charge in [0.2, 0.25) is 0 Å². The molecular formula is C12H18ClN5O2. The second-order valence-electron chi connectivity index (χ2n) is 4.98. The third-order valence-corrected chi connectivity index (χ3v) is 3.83. The van der Waals surface area contributed by atoms with Crippen molar-refractivity contribution in [3.05, 3.63) is 11.2 Å². The number of nitrogen functional groups attached to an aromatic ring is 1. The minimum Gasteiger partial charge on any atom is -0.480 e. The standard InChI is InChI=1S/C12H18ClN5O2/c1-7-6-17(3-4-18(7)8(2)12(19)20)9-5-10(13)15-16-11(9)14/h5,7-8H,3-4,6H2,1-2H3,(H2,14,16)(H,19,20)/t7-,8?/m1/s1. The van der Waals surface area contributed by atoms with Crippen molar-refractivity contribution in [1.29, 1.82) is 0 Å². The molecule has 1 aromatic rings. The van der Waals surface area contributed by atoms with Crippen LogP contribution < -0.4 is 10.6 Å². The quantitative estimate of drug-likeness (QED) is 0.848. The zero-order chi connectivity index (χ0) is 14.9. The number of piperazine rings is 1. The third kappa shape index (κ3) is 2.94. The second kappa shape index (κ2) is 5.80. The van der Waals surface area contributed by atoms with Gasteiger partial charge in [0.25, 0.3) is 0 Å². The zero-order valence-corrected chi connectivity index (χ0v) is 12.2. The molecule has 20 heavy (non-hydrogen) atoms. The average Bonchev–Trinajstić information content (AvgIpc) is 2.40. The molecular weight excluding hydrogens is 282 g/mol. The van der Waals surface area contributed by atoms with E-state index in [9.17, 15) is 4.79 Å². The van der Waals surface area contributed by atoms with Gasteiger partial charge in [0.15, 0.2) is 11.0 Å². The lowest BCUT2D eigenvalue weighted by atomic mass is 10.1. The van der Waals surface area contributed by atoms with E-state index in [0.29, 0.717) is 30.6 Å². The normalized spacial score (nSPS) is 21.8. The van der Waals surface area contributed by atoms with Gasteiger partial charge in [0.1, 0.15) is 6.04 Å². The van der Waals surface area contributed by atoms with Crippen molar-refractivity contribution in [1.82, 2.24) is 15.1 Å². The van der Waals surface area contributed by atoms with Gasteiger partial charge in [0.05, 0.1) is 5.69 Å².